The first kappa shape index (κ1) is 18.5. The van der Waals surface area contributed by atoms with Crippen molar-refractivity contribution in [1.82, 2.24) is 4.98 Å². The number of Topliss-reactive ketones (excluding diaryl/α,β-unsaturated/α-hetero) is 1. The molecular formula is C24H21NO2. The van der Waals surface area contributed by atoms with Gasteiger partial charge in [-0.05, 0) is 30.2 Å². The molecule has 0 fully saturated rings. The average molecular weight is 355 g/mol. The summed E-state index contributed by atoms with van der Waals surface area (Å²) in [5, 5.41) is 7.90. The van der Waals surface area contributed by atoms with Crippen LogP contribution in [-0.4, -0.2) is 23.0 Å². The average Bonchev–Trinajstić information content (AvgIpc) is 2.75. The van der Waals surface area contributed by atoms with Gasteiger partial charge in [0.15, 0.2) is 5.78 Å². The molecule has 1 aromatic heterocycles. The fraction of sp³-hybridized carbons (Fsp3) is 0.0833. The number of carbonyl (C=O) groups excluding carboxylic acids is 1. The lowest BCUT2D eigenvalue weighted by atomic mass is 9.99. The molecule has 0 saturated heterocycles. The first-order chi connectivity index (χ1) is 13.2. The van der Waals surface area contributed by atoms with Gasteiger partial charge in [0, 0.05) is 23.6 Å². The maximum Gasteiger partial charge on any atom is 0.160 e. The van der Waals surface area contributed by atoms with Crippen LogP contribution in [-0.2, 0) is 0 Å². The van der Waals surface area contributed by atoms with Crippen molar-refractivity contribution in [3.05, 3.63) is 90.5 Å². The van der Waals surface area contributed by atoms with Crippen molar-refractivity contribution >= 4 is 16.7 Å². The molecule has 0 atom stereocenters. The third-order valence-corrected chi connectivity index (χ3v) is 4.38. The highest BCUT2D eigenvalue weighted by molar-refractivity contribution is 6.07. The minimum atomic E-state index is 0.0563. The van der Waals surface area contributed by atoms with Gasteiger partial charge in [-0.25, -0.2) is 4.98 Å². The SMILES string of the molecule is CC(=O)c1cc(-c2ccc(-c3ccccc3)cc2)nc2ccccc12.CO. The second-order valence-electron chi connectivity index (χ2n) is 6.07. The molecule has 0 aliphatic heterocycles. The number of benzene rings is 3. The van der Waals surface area contributed by atoms with Crippen molar-refractivity contribution in [2.45, 2.75) is 6.92 Å². The Morgan fingerprint density at radius 2 is 1.30 bits per heavy atom. The maximum atomic E-state index is 12.1. The van der Waals surface area contributed by atoms with E-state index in [1.807, 2.05) is 48.5 Å². The van der Waals surface area contributed by atoms with E-state index in [4.69, 9.17) is 10.1 Å². The smallest absolute Gasteiger partial charge is 0.160 e. The summed E-state index contributed by atoms with van der Waals surface area (Å²) in [5.74, 6) is 0.0563. The van der Waals surface area contributed by atoms with Crippen molar-refractivity contribution in [1.29, 1.82) is 0 Å². The van der Waals surface area contributed by atoms with E-state index in [0.717, 1.165) is 34.8 Å². The topological polar surface area (TPSA) is 50.2 Å². The summed E-state index contributed by atoms with van der Waals surface area (Å²) in [6.07, 6.45) is 0. The number of hydrogen-bond donors (Lipinski definition) is 1. The molecule has 1 heterocycles. The lowest BCUT2D eigenvalue weighted by Crippen LogP contribution is -1.97. The van der Waals surface area contributed by atoms with E-state index < -0.39 is 0 Å². The van der Waals surface area contributed by atoms with Crippen molar-refractivity contribution in [3.63, 3.8) is 0 Å². The fourth-order valence-electron chi connectivity index (χ4n) is 3.08. The highest BCUT2D eigenvalue weighted by atomic mass is 16.2. The molecule has 0 bridgehead atoms. The molecule has 4 rings (SSSR count). The van der Waals surface area contributed by atoms with Crippen molar-refractivity contribution in [2.75, 3.05) is 7.11 Å². The van der Waals surface area contributed by atoms with E-state index in [-0.39, 0.29) is 5.78 Å². The molecule has 134 valence electrons. The van der Waals surface area contributed by atoms with Gasteiger partial charge < -0.3 is 5.11 Å². The van der Waals surface area contributed by atoms with Crippen LogP contribution < -0.4 is 0 Å². The van der Waals surface area contributed by atoms with Crippen LogP contribution in [0, 0.1) is 0 Å². The molecule has 0 aliphatic carbocycles. The van der Waals surface area contributed by atoms with Crippen molar-refractivity contribution in [2.24, 2.45) is 0 Å². The zero-order valence-corrected chi connectivity index (χ0v) is 15.4. The highest BCUT2D eigenvalue weighted by Gasteiger charge is 2.10. The minimum Gasteiger partial charge on any atom is -0.400 e. The zero-order chi connectivity index (χ0) is 19.2. The summed E-state index contributed by atoms with van der Waals surface area (Å²) >= 11 is 0. The number of aliphatic hydroxyl groups is 1. The Bertz CT molecular complexity index is 1050. The third kappa shape index (κ3) is 3.94. The summed E-state index contributed by atoms with van der Waals surface area (Å²) in [4.78, 5) is 16.8. The first-order valence-electron chi connectivity index (χ1n) is 8.74. The van der Waals surface area contributed by atoms with Crippen LogP contribution in [0.1, 0.15) is 17.3 Å². The number of carbonyl (C=O) groups is 1. The molecule has 0 amide bonds. The number of fused-ring (bicyclic) bond motifs is 1. The molecule has 3 heteroatoms. The molecule has 0 aliphatic rings. The van der Waals surface area contributed by atoms with E-state index in [1.54, 1.807) is 6.92 Å². The van der Waals surface area contributed by atoms with Gasteiger partial charge in [0.25, 0.3) is 0 Å². The predicted molar refractivity (Wildman–Crippen MR) is 111 cm³/mol. The number of rotatable bonds is 3. The first-order valence-corrected chi connectivity index (χ1v) is 8.74. The number of pyridine rings is 1. The van der Waals surface area contributed by atoms with Crippen LogP contribution in [0.2, 0.25) is 0 Å². The molecule has 0 unspecified atom stereocenters. The van der Waals surface area contributed by atoms with Crippen molar-refractivity contribution in [3.8, 4) is 22.4 Å². The second kappa shape index (κ2) is 8.39. The Morgan fingerprint density at radius 1 is 0.741 bits per heavy atom. The summed E-state index contributed by atoms with van der Waals surface area (Å²) < 4.78 is 0. The van der Waals surface area contributed by atoms with E-state index in [0.29, 0.717) is 5.56 Å². The van der Waals surface area contributed by atoms with Gasteiger partial charge in [0.05, 0.1) is 11.2 Å². The Labute approximate surface area is 159 Å². The number of nitrogens with zero attached hydrogens (tertiary/aromatic N) is 1. The Morgan fingerprint density at radius 3 is 1.96 bits per heavy atom. The molecule has 0 radical (unpaired) electrons. The third-order valence-electron chi connectivity index (χ3n) is 4.38. The monoisotopic (exact) mass is 355 g/mol. The Balaban J connectivity index is 0.00000102. The van der Waals surface area contributed by atoms with Gasteiger partial charge >= 0.3 is 0 Å². The normalized spacial score (nSPS) is 10.2. The molecule has 0 spiro atoms. The summed E-state index contributed by atoms with van der Waals surface area (Å²) in [6, 6.07) is 28.2. The summed E-state index contributed by atoms with van der Waals surface area (Å²) in [5.41, 5.74) is 5.74. The van der Waals surface area contributed by atoms with Gasteiger partial charge in [0.2, 0.25) is 0 Å². The van der Waals surface area contributed by atoms with Gasteiger partial charge in [-0.15, -0.1) is 0 Å². The van der Waals surface area contributed by atoms with Gasteiger partial charge in [-0.3, -0.25) is 4.79 Å². The Hall–Kier alpha value is -3.30. The van der Waals surface area contributed by atoms with E-state index in [9.17, 15) is 4.79 Å². The van der Waals surface area contributed by atoms with Gasteiger partial charge in [0.1, 0.15) is 0 Å². The van der Waals surface area contributed by atoms with E-state index in [1.165, 1.54) is 5.56 Å². The van der Waals surface area contributed by atoms with Crippen LogP contribution >= 0.6 is 0 Å². The van der Waals surface area contributed by atoms with Crippen LogP contribution in [0.25, 0.3) is 33.3 Å². The lowest BCUT2D eigenvalue weighted by molar-refractivity contribution is 0.101. The largest absolute Gasteiger partial charge is 0.400 e. The summed E-state index contributed by atoms with van der Waals surface area (Å²) in [6.45, 7) is 1.60. The second-order valence-corrected chi connectivity index (χ2v) is 6.07. The van der Waals surface area contributed by atoms with E-state index in [2.05, 4.69) is 36.4 Å². The summed E-state index contributed by atoms with van der Waals surface area (Å²) in [7, 11) is 1.00. The predicted octanol–water partition coefficient (Wildman–Crippen LogP) is 5.38. The molecule has 4 aromatic rings. The number of aromatic nitrogens is 1. The van der Waals surface area contributed by atoms with E-state index >= 15 is 0 Å². The lowest BCUT2D eigenvalue weighted by Gasteiger charge is -2.09. The minimum absolute atomic E-state index is 0.0563. The van der Waals surface area contributed by atoms with Gasteiger partial charge in [-0.1, -0.05) is 72.8 Å². The molecule has 0 saturated carbocycles. The molecule has 3 nitrogen and oxygen atoms in total. The quantitative estimate of drug-likeness (QED) is 0.502. The van der Waals surface area contributed by atoms with Crippen LogP contribution in [0.4, 0.5) is 0 Å². The van der Waals surface area contributed by atoms with Crippen molar-refractivity contribution < 1.29 is 9.90 Å². The van der Waals surface area contributed by atoms with Crippen LogP contribution in [0.5, 0.6) is 0 Å². The number of para-hydroxylation sites is 1. The van der Waals surface area contributed by atoms with Crippen LogP contribution in [0.3, 0.4) is 0 Å². The number of aliphatic hydroxyl groups excluding tert-OH is 1. The number of ketones is 1. The standard InChI is InChI=1S/C23H17NO.CH4O/c1-16(25)21-15-23(24-22-10-6-5-9-20(21)22)19-13-11-18(12-14-19)17-7-3-2-4-8-17;1-2/h2-15H,1H3;2H,1H3. The molecule has 27 heavy (non-hydrogen) atoms. The van der Waals surface area contributed by atoms with Crippen LogP contribution in [0.15, 0.2) is 84.9 Å². The highest BCUT2D eigenvalue weighted by Crippen LogP contribution is 2.27. The molecular weight excluding hydrogens is 334 g/mol. The number of hydrogen-bond acceptors (Lipinski definition) is 3. The Kier molecular flexibility index (Phi) is 5.74. The fourth-order valence-corrected chi connectivity index (χ4v) is 3.08. The molecule has 1 N–H and O–H groups in total. The van der Waals surface area contributed by atoms with Gasteiger partial charge in [-0.2, -0.15) is 0 Å². The zero-order valence-electron chi connectivity index (χ0n) is 15.4. The molecule has 3 aromatic carbocycles. The maximum absolute atomic E-state index is 12.1.